The highest BCUT2D eigenvalue weighted by Crippen LogP contribution is 2.45. The van der Waals surface area contributed by atoms with Gasteiger partial charge < -0.3 is 25.6 Å². The SMILES string of the molecule is Cl.Nc1nc(OC(c2ccc(Cl)cc2C2=CCCOC2)C(F)(F)F)cc(C2=CC[C@]3(CC2)CN[C@H](C(=O)O)C3)n1. The number of carbonyl (C=O) groups is 1. The summed E-state index contributed by atoms with van der Waals surface area (Å²) in [5.41, 5.74) is 7.71. The van der Waals surface area contributed by atoms with Gasteiger partial charge in [-0.2, -0.15) is 18.2 Å². The second-order valence-corrected chi connectivity index (χ2v) is 10.6. The number of aliphatic carboxylic acids is 1. The van der Waals surface area contributed by atoms with Crippen LogP contribution in [0.15, 0.2) is 36.4 Å². The van der Waals surface area contributed by atoms with Crippen molar-refractivity contribution in [1.29, 1.82) is 0 Å². The summed E-state index contributed by atoms with van der Waals surface area (Å²) in [6.07, 6.45) is -0.313. The zero-order chi connectivity index (χ0) is 27.8. The molecule has 1 aromatic carbocycles. The van der Waals surface area contributed by atoms with Gasteiger partial charge in [0.15, 0.2) is 0 Å². The van der Waals surface area contributed by atoms with E-state index in [-0.39, 0.29) is 41.8 Å². The van der Waals surface area contributed by atoms with Gasteiger partial charge in [0.25, 0.3) is 0 Å². The topological polar surface area (TPSA) is 120 Å². The van der Waals surface area contributed by atoms with Crippen LogP contribution in [0.1, 0.15) is 55.0 Å². The van der Waals surface area contributed by atoms with E-state index in [2.05, 4.69) is 15.3 Å². The molecular formula is C27H29Cl2F3N4O4. The first-order valence-electron chi connectivity index (χ1n) is 12.6. The number of allylic oxidation sites excluding steroid dienone is 2. The largest absolute Gasteiger partial charge is 0.480 e. The lowest BCUT2D eigenvalue weighted by Gasteiger charge is -2.32. The highest BCUT2D eigenvalue weighted by atomic mass is 35.5. The molecule has 0 amide bonds. The molecule has 1 aromatic heterocycles. The van der Waals surface area contributed by atoms with Crippen molar-refractivity contribution in [1.82, 2.24) is 15.3 Å². The molecule has 216 valence electrons. The van der Waals surface area contributed by atoms with Crippen LogP contribution in [-0.4, -0.2) is 53.0 Å². The van der Waals surface area contributed by atoms with E-state index in [4.69, 9.17) is 26.8 Å². The molecule has 1 aliphatic carbocycles. The molecule has 2 aromatic rings. The van der Waals surface area contributed by atoms with Crippen LogP contribution in [0.5, 0.6) is 5.88 Å². The summed E-state index contributed by atoms with van der Waals surface area (Å²) in [7, 11) is 0. The molecule has 13 heteroatoms. The van der Waals surface area contributed by atoms with E-state index in [9.17, 15) is 23.1 Å². The molecule has 3 aliphatic rings. The van der Waals surface area contributed by atoms with Crippen LogP contribution < -0.4 is 15.8 Å². The average Bonchev–Trinajstić information content (AvgIpc) is 3.31. The van der Waals surface area contributed by atoms with Crippen molar-refractivity contribution in [2.75, 3.05) is 25.5 Å². The van der Waals surface area contributed by atoms with Gasteiger partial charge in [0.2, 0.25) is 17.9 Å². The van der Waals surface area contributed by atoms with E-state index in [0.717, 1.165) is 5.57 Å². The monoisotopic (exact) mass is 600 g/mol. The van der Waals surface area contributed by atoms with E-state index < -0.39 is 24.3 Å². The summed E-state index contributed by atoms with van der Waals surface area (Å²) in [6, 6.07) is 4.96. The number of nitrogen functional groups attached to an aromatic ring is 1. The minimum absolute atomic E-state index is 0. The van der Waals surface area contributed by atoms with E-state index in [1.165, 1.54) is 24.3 Å². The summed E-state index contributed by atoms with van der Waals surface area (Å²) in [6.45, 7) is 1.25. The lowest BCUT2D eigenvalue weighted by molar-refractivity contribution is -0.198. The van der Waals surface area contributed by atoms with Crippen molar-refractivity contribution < 1.29 is 32.5 Å². The first kappa shape index (κ1) is 30.1. The number of carboxylic acid groups (broad SMARTS) is 1. The molecule has 1 unspecified atom stereocenters. The number of nitrogens with two attached hydrogens (primary N) is 1. The Morgan fingerprint density at radius 2 is 2.05 bits per heavy atom. The number of nitrogens with one attached hydrogen (secondary N) is 1. The minimum Gasteiger partial charge on any atom is -0.480 e. The van der Waals surface area contributed by atoms with Crippen molar-refractivity contribution in [2.45, 2.75) is 50.4 Å². The molecule has 1 spiro atoms. The second kappa shape index (κ2) is 11.9. The van der Waals surface area contributed by atoms with Gasteiger partial charge in [-0.05, 0) is 66.4 Å². The smallest absolute Gasteiger partial charge is 0.429 e. The Bertz CT molecular complexity index is 1340. The zero-order valence-electron chi connectivity index (χ0n) is 21.3. The van der Waals surface area contributed by atoms with Crippen molar-refractivity contribution >= 4 is 47.1 Å². The fourth-order valence-corrected chi connectivity index (χ4v) is 5.66. The summed E-state index contributed by atoms with van der Waals surface area (Å²) in [4.78, 5) is 19.5. The molecule has 40 heavy (non-hydrogen) atoms. The number of carboxylic acids is 1. The van der Waals surface area contributed by atoms with E-state index in [1.807, 2.05) is 12.2 Å². The molecule has 2 aliphatic heterocycles. The van der Waals surface area contributed by atoms with E-state index >= 15 is 0 Å². The van der Waals surface area contributed by atoms with Crippen molar-refractivity contribution in [3.05, 3.63) is 58.3 Å². The summed E-state index contributed by atoms with van der Waals surface area (Å²) >= 11 is 6.14. The van der Waals surface area contributed by atoms with Crippen LogP contribution in [0.2, 0.25) is 5.02 Å². The molecule has 8 nitrogen and oxygen atoms in total. The molecule has 1 saturated heterocycles. The van der Waals surface area contributed by atoms with Crippen LogP contribution in [0.3, 0.4) is 0 Å². The Hall–Kier alpha value is -2.86. The maximum atomic E-state index is 14.4. The summed E-state index contributed by atoms with van der Waals surface area (Å²) in [5.74, 6) is -1.38. The highest BCUT2D eigenvalue weighted by Gasteiger charge is 2.45. The zero-order valence-corrected chi connectivity index (χ0v) is 22.9. The number of halogens is 5. The van der Waals surface area contributed by atoms with E-state index in [1.54, 1.807) is 0 Å². The predicted octanol–water partition coefficient (Wildman–Crippen LogP) is 5.62. The fourth-order valence-electron chi connectivity index (χ4n) is 5.49. The Labute approximate surface area is 240 Å². The van der Waals surface area contributed by atoms with Crippen LogP contribution >= 0.6 is 24.0 Å². The highest BCUT2D eigenvalue weighted by molar-refractivity contribution is 6.30. The van der Waals surface area contributed by atoms with E-state index in [0.29, 0.717) is 67.1 Å². The molecular weight excluding hydrogens is 572 g/mol. The quantitative estimate of drug-likeness (QED) is 0.391. The van der Waals surface area contributed by atoms with Gasteiger partial charge in [0.1, 0.15) is 6.04 Å². The third-order valence-electron chi connectivity index (χ3n) is 7.50. The Morgan fingerprint density at radius 1 is 1.25 bits per heavy atom. The normalized spacial score (nSPS) is 23.6. The lowest BCUT2D eigenvalue weighted by atomic mass is 9.73. The molecule has 3 atom stereocenters. The summed E-state index contributed by atoms with van der Waals surface area (Å²) < 4.78 is 54.2. The predicted molar refractivity (Wildman–Crippen MR) is 146 cm³/mol. The third kappa shape index (κ3) is 6.54. The Morgan fingerprint density at radius 3 is 2.67 bits per heavy atom. The molecule has 1 fully saturated rings. The van der Waals surface area contributed by atoms with Crippen molar-refractivity contribution in [3.8, 4) is 5.88 Å². The van der Waals surface area contributed by atoms with Crippen LogP contribution in [0.25, 0.3) is 11.1 Å². The number of benzene rings is 1. The fraction of sp³-hybridized carbons (Fsp3) is 0.444. The van der Waals surface area contributed by atoms with Crippen LogP contribution in [0, 0.1) is 5.41 Å². The molecule has 0 radical (unpaired) electrons. The van der Waals surface area contributed by atoms with Gasteiger partial charge in [-0.25, -0.2) is 4.98 Å². The number of rotatable bonds is 6. The van der Waals surface area contributed by atoms with Crippen molar-refractivity contribution in [2.24, 2.45) is 5.41 Å². The maximum Gasteiger partial charge on any atom is 0.429 e. The first-order valence-corrected chi connectivity index (χ1v) is 13.0. The molecule has 0 bridgehead atoms. The Balaban J connectivity index is 0.00000370. The second-order valence-electron chi connectivity index (χ2n) is 10.2. The van der Waals surface area contributed by atoms with Crippen molar-refractivity contribution in [3.63, 3.8) is 0 Å². The molecule has 4 N–H and O–H groups in total. The van der Waals surface area contributed by atoms with Gasteiger partial charge in [-0.1, -0.05) is 29.8 Å². The number of hydrogen-bond acceptors (Lipinski definition) is 7. The summed E-state index contributed by atoms with van der Waals surface area (Å²) in [5, 5.41) is 12.7. The van der Waals surface area contributed by atoms with Gasteiger partial charge in [-0.3, -0.25) is 4.79 Å². The number of anilines is 1. The lowest BCUT2D eigenvalue weighted by Crippen LogP contribution is -2.30. The minimum atomic E-state index is -4.77. The molecule has 0 saturated carbocycles. The van der Waals surface area contributed by atoms with Crippen LogP contribution in [-0.2, 0) is 9.53 Å². The number of nitrogens with zero attached hydrogens (tertiary/aromatic N) is 2. The molecule has 5 rings (SSSR count). The number of aromatic nitrogens is 2. The molecule has 3 heterocycles. The van der Waals surface area contributed by atoms with Crippen LogP contribution in [0.4, 0.5) is 19.1 Å². The number of alkyl halides is 3. The van der Waals surface area contributed by atoms with Gasteiger partial charge in [-0.15, -0.1) is 12.4 Å². The van der Waals surface area contributed by atoms with Gasteiger partial charge >= 0.3 is 12.1 Å². The standard InChI is InChI=1S/C27H28ClF3N4O4.ClH/c28-17-3-4-18(19(10-17)16-2-1-9-38-13-16)23(27(29,30)31)39-22-11-20(34-25(32)35-22)15-5-7-26(8-6-15)12-21(24(36)37)33-14-26;/h2-5,10-11,21,23,33H,1,6-9,12-14H2,(H,36,37)(H2,32,34,35);1H/t21-,23?,26+;/m0./s1. The van der Waals surface area contributed by atoms with Gasteiger partial charge in [0, 0.05) is 23.2 Å². The Kier molecular flexibility index (Phi) is 8.99. The van der Waals surface area contributed by atoms with Gasteiger partial charge in [0.05, 0.1) is 18.9 Å². The average molecular weight is 601 g/mol. The first-order chi connectivity index (χ1) is 18.5. The number of hydrogen-bond donors (Lipinski definition) is 3. The number of ether oxygens (including phenoxy) is 2. The maximum absolute atomic E-state index is 14.4. The third-order valence-corrected chi connectivity index (χ3v) is 7.74.